The molecule has 2 rings (SSSR count). The van der Waals surface area contributed by atoms with Crippen LogP contribution in [0, 0.1) is 10.9 Å². The molecule has 0 saturated carbocycles. The summed E-state index contributed by atoms with van der Waals surface area (Å²) >= 11 is 1.66. The Labute approximate surface area is 139 Å². The van der Waals surface area contributed by atoms with Crippen molar-refractivity contribution in [2.24, 2.45) is 5.22 Å². The summed E-state index contributed by atoms with van der Waals surface area (Å²) in [5, 5.41) is 14.0. The predicted molar refractivity (Wildman–Crippen MR) is 92.8 cm³/mol. The van der Waals surface area contributed by atoms with Crippen molar-refractivity contribution in [1.29, 1.82) is 10.9 Å². The molecule has 1 heterocycles. The largest absolute Gasteiger partial charge is 0.341 e. The lowest BCUT2D eigenvalue weighted by Crippen LogP contribution is -2.15. The maximum absolute atomic E-state index is 7.70. The normalized spacial score (nSPS) is 10.9. The highest BCUT2D eigenvalue weighted by atomic mass is 32.2. The van der Waals surface area contributed by atoms with Crippen molar-refractivity contribution >= 4 is 23.2 Å². The zero-order chi connectivity index (χ0) is 16.5. The second-order valence-electron chi connectivity index (χ2n) is 4.59. The molecule has 118 valence electrons. The minimum Gasteiger partial charge on any atom is -0.341 e. The van der Waals surface area contributed by atoms with Crippen LogP contribution in [0.4, 0.5) is 5.69 Å². The Balaban J connectivity index is 2.04. The number of aromatic nitrogens is 1. The van der Waals surface area contributed by atoms with Crippen LogP contribution in [0.15, 0.2) is 75.7 Å². The van der Waals surface area contributed by atoms with Gasteiger partial charge in [0.05, 0.1) is 0 Å². The van der Waals surface area contributed by atoms with Gasteiger partial charge in [-0.25, -0.2) is 5.43 Å². The molecule has 1 aromatic heterocycles. The van der Waals surface area contributed by atoms with Crippen LogP contribution in [0.1, 0.15) is 13.3 Å². The van der Waals surface area contributed by atoms with E-state index in [-0.39, 0.29) is 0 Å². The monoisotopic (exact) mass is 326 g/mol. The standard InChI is InChI=1S/C16H18N6S/c1-2-12(17)11-16(21-22-18)20-13-3-5-14(6-4-13)23-15-7-9-19-10-8-15/h3-11,17,20H,2H2,1H3,(H2,18,21)/b16-11-,17-12?. The van der Waals surface area contributed by atoms with Crippen LogP contribution in [0.25, 0.3) is 0 Å². The third-order valence-corrected chi connectivity index (χ3v) is 3.91. The highest BCUT2D eigenvalue weighted by Crippen LogP contribution is 2.28. The molecule has 1 aromatic carbocycles. The van der Waals surface area contributed by atoms with Gasteiger partial charge in [-0.3, -0.25) is 4.98 Å². The molecule has 6 nitrogen and oxygen atoms in total. The molecule has 0 radical (unpaired) electrons. The van der Waals surface area contributed by atoms with Crippen LogP contribution in [0.5, 0.6) is 0 Å². The molecule has 0 amide bonds. The van der Waals surface area contributed by atoms with Gasteiger partial charge in [0.1, 0.15) is 5.82 Å². The molecule has 23 heavy (non-hydrogen) atoms. The number of nitrogens with zero attached hydrogens (tertiary/aromatic N) is 2. The Morgan fingerprint density at radius 2 is 1.83 bits per heavy atom. The summed E-state index contributed by atoms with van der Waals surface area (Å²) in [6, 6.07) is 11.8. The summed E-state index contributed by atoms with van der Waals surface area (Å²) < 4.78 is 0. The van der Waals surface area contributed by atoms with E-state index in [0.29, 0.717) is 18.0 Å². The molecule has 0 bridgehead atoms. The SMILES string of the molecule is CCC(=N)/C=C(\NN=N)Nc1ccc(Sc2ccncc2)cc1. The summed E-state index contributed by atoms with van der Waals surface area (Å²) in [7, 11) is 0. The zero-order valence-corrected chi connectivity index (χ0v) is 13.5. The fraction of sp³-hybridized carbons (Fsp3) is 0.125. The first kappa shape index (κ1) is 16.7. The van der Waals surface area contributed by atoms with E-state index in [1.54, 1.807) is 30.2 Å². The van der Waals surface area contributed by atoms with E-state index in [0.717, 1.165) is 15.5 Å². The Morgan fingerprint density at radius 1 is 1.17 bits per heavy atom. The summed E-state index contributed by atoms with van der Waals surface area (Å²) in [6.07, 6.45) is 5.78. The number of rotatable bonds is 8. The topological polar surface area (TPSA) is 97.0 Å². The first-order valence-electron chi connectivity index (χ1n) is 7.08. The van der Waals surface area contributed by atoms with Gasteiger partial charge in [-0.15, -0.1) is 0 Å². The molecular weight excluding hydrogens is 308 g/mol. The quantitative estimate of drug-likeness (QED) is 0.327. The first-order chi connectivity index (χ1) is 11.2. The van der Waals surface area contributed by atoms with Gasteiger partial charge in [0.25, 0.3) is 0 Å². The van der Waals surface area contributed by atoms with Crippen LogP contribution < -0.4 is 10.7 Å². The van der Waals surface area contributed by atoms with Gasteiger partial charge in [-0.05, 0) is 42.8 Å². The lowest BCUT2D eigenvalue weighted by Gasteiger charge is -2.10. The van der Waals surface area contributed by atoms with E-state index in [9.17, 15) is 0 Å². The molecule has 0 aliphatic heterocycles. The van der Waals surface area contributed by atoms with E-state index in [4.69, 9.17) is 10.9 Å². The van der Waals surface area contributed by atoms with E-state index in [1.165, 1.54) is 0 Å². The molecule has 0 spiro atoms. The fourth-order valence-electron chi connectivity index (χ4n) is 1.74. The van der Waals surface area contributed by atoms with Gasteiger partial charge in [-0.2, -0.15) is 5.53 Å². The van der Waals surface area contributed by atoms with Crippen LogP contribution in [0.2, 0.25) is 0 Å². The average molecular weight is 326 g/mol. The second-order valence-corrected chi connectivity index (χ2v) is 5.74. The van der Waals surface area contributed by atoms with Crippen molar-refractivity contribution in [2.45, 2.75) is 23.1 Å². The van der Waals surface area contributed by atoms with Gasteiger partial charge in [0, 0.05) is 39.7 Å². The molecule has 0 aliphatic carbocycles. The first-order valence-corrected chi connectivity index (χ1v) is 7.89. The van der Waals surface area contributed by atoms with Crippen molar-refractivity contribution in [1.82, 2.24) is 10.4 Å². The van der Waals surface area contributed by atoms with Gasteiger partial charge in [-0.1, -0.05) is 23.9 Å². The lowest BCUT2D eigenvalue weighted by atomic mass is 10.2. The molecule has 0 aliphatic rings. The van der Waals surface area contributed by atoms with Crippen molar-refractivity contribution in [3.8, 4) is 0 Å². The molecule has 0 fully saturated rings. The number of benzene rings is 1. The van der Waals surface area contributed by atoms with Gasteiger partial charge in [0.15, 0.2) is 0 Å². The molecule has 4 N–H and O–H groups in total. The average Bonchev–Trinajstić information content (AvgIpc) is 2.57. The summed E-state index contributed by atoms with van der Waals surface area (Å²) in [4.78, 5) is 6.25. The Hall–Kier alpha value is -2.67. The summed E-state index contributed by atoms with van der Waals surface area (Å²) in [5.41, 5.74) is 10.8. The Bertz CT molecular complexity index is 681. The van der Waals surface area contributed by atoms with E-state index < -0.39 is 0 Å². The van der Waals surface area contributed by atoms with Crippen LogP contribution in [0.3, 0.4) is 0 Å². The summed E-state index contributed by atoms with van der Waals surface area (Å²) in [6.45, 7) is 1.90. The number of hydrogen-bond acceptors (Lipinski definition) is 6. The number of nitrogens with one attached hydrogen (secondary N) is 4. The highest BCUT2D eigenvalue weighted by molar-refractivity contribution is 7.99. The third kappa shape index (κ3) is 5.55. The third-order valence-electron chi connectivity index (χ3n) is 2.89. The number of allylic oxidation sites excluding steroid dienone is 1. The van der Waals surface area contributed by atoms with Crippen molar-refractivity contribution < 1.29 is 0 Å². The minimum atomic E-state index is 0.452. The lowest BCUT2D eigenvalue weighted by molar-refractivity contribution is 0.784. The van der Waals surface area contributed by atoms with E-state index in [2.05, 4.69) is 20.9 Å². The maximum Gasteiger partial charge on any atom is 0.127 e. The fourth-order valence-corrected chi connectivity index (χ4v) is 2.54. The molecular formula is C16H18N6S. The van der Waals surface area contributed by atoms with Crippen LogP contribution in [-0.2, 0) is 0 Å². The van der Waals surface area contributed by atoms with Crippen molar-refractivity contribution in [2.75, 3.05) is 5.32 Å². The molecule has 2 aromatic rings. The Morgan fingerprint density at radius 3 is 2.43 bits per heavy atom. The van der Waals surface area contributed by atoms with E-state index >= 15 is 0 Å². The number of pyridine rings is 1. The summed E-state index contributed by atoms with van der Waals surface area (Å²) in [5.74, 6) is 0.501. The maximum atomic E-state index is 7.70. The molecule has 0 saturated heterocycles. The minimum absolute atomic E-state index is 0.452. The van der Waals surface area contributed by atoms with Crippen molar-refractivity contribution in [3.05, 3.63) is 60.7 Å². The zero-order valence-electron chi connectivity index (χ0n) is 12.7. The molecule has 0 unspecified atom stereocenters. The van der Waals surface area contributed by atoms with Crippen LogP contribution >= 0.6 is 11.8 Å². The smallest absolute Gasteiger partial charge is 0.127 e. The van der Waals surface area contributed by atoms with Crippen molar-refractivity contribution in [3.63, 3.8) is 0 Å². The predicted octanol–water partition coefficient (Wildman–Crippen LogP) is 4.45. The van der Waals surface area contributed by atoms with Gasteiger partial charge < -0.3 is 10.7 Å². The van der Waals surface area contributed by atoms with Crippen LogP contribution in [-0.4, -0.2) is 10.7 Å². The molecule has 0 atom stereocenters. The second kappa shape index (κ2) is 8.70. The highest BCUT2D eigenvalue weighted by Gasteiger charge is 2.01. The van der Waals surface area contributed by atoms with Gasteiger partial charge in [0.2, 0.25) is 0 Å². The number of hydrogen-bond donors (Lipinski definition) is 4. The Kier molecular flexibility index (Phi) is 6.31. The molecule has 7 heteroatoms. The van der Waals surface area contributed by atoms with Gasteiger partial charge >= 0.3 is 0 Å². The van der Waals surface area contributed by atoms with E-state index in [1.807, 2.05) is 43.3 Å². The number of anilines is 1.